The highest BCUT2D eigenvalue weighted by Crippen LogP contribution is 2.35. The van der Waals surface area contributed by atoms with Crippen LogP contribution < -0.4 is 10.2 Å². The van der Waals surface area contributed by atoms with E-state index in [4.69, 9.17) is 0 Å². The fraction of sp³-hybridized carbons (Fsp3) is 0.600. The Balaban J connectivity index is 1.92. The molecule has 1 aromatic carbocycles. The number of hydrogen-bond acceptors (Lipinski definition) is 2. The zero-order valence-corrected chi connectivity index (χ0v) is 11.3. The van der Waals surface area contributed by atoms with Gasteiger partial charge in [0.15, 0.2) is 5.82 Å². The number of aryl methyl sites for hydroxylation is 1. The summed E-state index contributed by atoms with van der Waals surface area (Å²) >= 11 is 0. The normalized spacial score (nSPS) is 22.2. The van der Waals surface area contributed by atoms with E-state index in [1.165, 1.54) is 25.0 Å². The van der Waals surface area contributed by atoms with Crippen LogP contribution >= 0.6 is 0 Å². The van der Waals surface area contributed by atoms with Crippen LogP contribution in [0.4, 0.5) is 14.5 Å². The lowest BCUT2D eigenvalue weighted by Crippen LogP contribution is -2.59. The molecule has 2 fully saturated rings. The van der Waals surface area contributed by atoms with E-state index in [0.29, 0.717) is 18.7 Å². The minimum Gasteiger partial charge on any atom is -0.364 e. The summed E-state index contributed by atoms with van der Waals surface area (Å²) in [6.45, 7) is 3.86. The Kier molecular flexibility index (Phi) is 3.21. The highest BCUT2D eigenvalue weighted by atomic mass is 19.1. The van der Waals surface area contributed by atoms with Crippen LogP contribution in [0.5, 0.6) is 0 Å². The van der Waals surface area contributed by atoms with Gasteiger partial charge in [-0.15, -0.1) is 0 Å². The predicted molar refractivity (Wildman–Crippen MR) is 72.5 cm³/mol. The Morgan fingerprint density at radius 3 is 2.68 bits per heavy atom. The van der Waals surface area contributed by atoms with Gasteiger partial charge in [-0.3, -0.25) is 0 Å². The van der Waals surface area contributed by atoms with Crippen molar-refractivity contribution in [3.8, 4) is 0 Å². The fourth-order valence-electron chi connectivity index (χ4n) is 3.47. The standard InChI is InChI=1S/C15H20F2N2/c1-11-4-5-12(16)14(13(11)17)19-9-8-18-15(10-19)6-2-3-7-15/h4-5,18H,2-3,6-10H2,1H3. The van der Waals surface area contributed by atoms with Crippen LogP contribution in [0.25, 0.3) is 0 Å². The highest BCUT2D eigenvalue weighted by molar-refractivity contribution is 5.52. The van der Waals surface area contributed by atoms with Crippen LogP contribution in [0.1, 0.15) is 31.2 Å². The molecule has 1 aliphatic carbocycles. The molecule has 0 aromatic heterocycles. The summed E-state index contributed by atoms with van der Waals surface area (Å²) in [6, 6.07) is 2.87. The molecule has 1 N–H and O–H groups in total. The molecule has 1 saturated heterocycles. The topological polar surface area (TPSA) is 15.3 Å². The molecule has 0 radical (unpaired) electrons. The van der Waals surface area contributed by atoms with Crippen molar-refractivity contribution in [2.24, 2.45) is 0 Å². The molecule has 0 unspecified atom stereocenters. The first-order valence-electron chi connectivity index (χ1n) is 7.06. The molecule has 2 aliphatic rings. The number of benzene rings is 1. The zero-order valence-electron chi connectivity index (χ0n) is 11.3. The molecule has 0 atom stereocenters. The van der Waals surface area contributed by atoms with Crippen LogP contribution in [0.2, 0.25) is 0 Å². The molecule has 3 rings (SSSR count). The predicted octanol–water partition coefficient (Wildman–Crippen LogP) is 3.00. The van der Waals surface area contributed by atoms with E-state index in [9.17, 15) is 8.78 Å². The van der Waals surface area contributed by atoms with Gasteiger partial charge in [0.25, 0.3) is 0 Å². The Hall–Kier alpha value is -1.16. The number of anilines is 1. The number of halogens is 2. The second-order valence-corrected chi connectivity index (χ2v) is 5.86. The van der Waals surface area contributed by atoms with E-state index in [1.54, 1.807) is 6.92 Å². The van der Waals surface area contributed by atoms with Crippen LogP contribution in [0.15, 0.2) is 12.1 Å². The third-order valence-corrected chi connectivity index (χ3v) is 4.51. The Labute approximate surface area is 112 Å². The quantitative estimate of drug-likeness (QED) is 0.840. The van der Waals surface area contributed by atoms with Crippen molar-refractivity contribution in [1.29, 1.82) is 0 Å². The summed E-state index contributed by atoms with van der Waals surface area (Å²) in [4.78, 5) is 1.89. The molecular weight excluding hydrogens is 246 g/mol. The average Bonchev–Trinajstić information content (AvgIpc) is 2.83. The summed E-state index contributed by atoms with van der Waals surface area (Å²) in [5, 5.41) is 3.56. The minimum absolute atomic E-state index is 0.0703. The van der Waals surface area contributed by atoms with Gasteiger partial charge in [-0.2, -0.15) is 0 Å². The summed E-state index contributed by atoms with van der Waals surface area (Å²) < 4.78 is 28.2. The molecular formula is C15H20F2N2. The molecule has 1 heterocycles. The smallest absolute Gasteiger partial charge is 0.152 e. The van der Waals surface area contributed by atoms with Gasteiger partial charge in [0.2, 0.25) is 0 Å². The van der Waals surface area contributed by atoms with Crippen molar-refractivity contribution in [2.75, 3.05) is 24.5 Å². The molecule has 1 aliphatic heterocycles. The van der Waals surface area contributed by atoms with Crippen molar-refractivity contribution < 1.29 is 8.78 Å². The lowest BCUT2D eigenvalue weighted by Gasteiger charge is -2.42. The molecule has 104 valence electrons. The first kappa shape index (κ1) is 12.9. The Bertz CT molecular complexity index is 481. The number of nitrogens with one attached hydrogen (secondary N) is 1. The van der Waals surface area contributed by atoms with Gasteiger partial charge in [-0.1, -0.05) is 18.9 Å². The first-order valence-corrected chi connectivity index (χ1v) is 7.06. The van der Waals surface area contributed by atoms with Crippen LogP contribution in [0.3, 0.4) is 0 Å². The summed E-state index contributed by atoms with van der Waals surface area (Å²) in [7, 11) is 0. The fourth-order valence-corrected chi connectivity index (χ4v) is 3.47. The number of hydrogen-bond donors (Lipinski definition) is 1. The van der Waals surface area contributed by atoms with Gasteiger partial charge in [0.1, 0.15) is 11.5 Å². The largest absolute Gasteiger partial charge is 0.364 e. The summed E-state index contributed by atoms with van der Waals surface area (Å²) in [6.07, 6.45) is 4.64. The molecule has 2 nitrogen and oxygen atoms in total. The van der Waals surface area contributed by atoms with Crippen LogP contribution in [-0.4, -0.2) is 25.2 Å². The van der Waals surface area contributed by atoms with Gasteiger partial charge in [0.05, 0.1) is 0 Å². The molecule has 1 saturated carbocycles. The average molecular weight is 266 g/mol. The van der Waals surface area contributed by atoms with E-state index in [-0.39, 0.29) is 11.2 Å². The maximum atomic E-state index is 14.2. The first-order chi connectivity index (χ1) is 9.11. The molecule has 1 spiro atoms. The van der Waals surface area contributed by atoms with E-state index in [0.717, 1.165) is 19.4 Å². The van der Waals surface area contributed by atoms with E-state index in [2.05, 4.69) is 5.32 Å². The summed E-state index contributed by atoms with van der Waals surface area (Å²) in [5.74, 6) is -0.854. The Morgan fingerprint density at radius 2 is 1.95 bits per heavy atom. The molecule has 0 bridgehead atoms. The number of piperazine rings is 1. The van der Waals surface area contributed by atoms with E-state index < -0.39 is 11.6 Å². The lowest BCUT2D eigenvalue weighted by molar-refractivity contribution is 0.301. The van der Waals surface area contributed by atoms with Gasteiger partial charge in [-0.25, -0.2) is 8.78 Å². The SMILES string of the molecule is Cc1ccc(F)c(N2CCNC3(CCCC3)C2)c1F. The van der Waals surface area contributed by atoms with E-state index >= 15 is 0 Å². The summed E-state index contributed by atoms with van der Waals surface area (Å²) in [5.41, 5.74) is 0.740. The molecule has 1 aromatic rings. The number of nitrogens with zero attached hydrogens (tertiary/aromatic N) is 1. The maximum Gasteiger partial charge on any atom is 0.152 e. The van der Waals surface area contributed by atoms with Gasteiger partial charge < -0.3 is 10.2 Å². The minimum atomic E-state index is -0.446. The van der Waals surface area contributed by atoms with Gasteiger partial charge in [0, 0.05) is 25.2 Å². The Morgan fingerprint density at radius 1 is 1.21 bits per heavy atom. The molecule has 19 heavy (non-hydrogen) atoms. The maximum absolute atomic E-state index is 14.2. The van der Waals surface area contributed by atoms with Crippen molar-refractivity contribution in [3.05, 3.63) is 29.3 Å². The monoisotopic (exact) mass is 266 g/mol. The highest BCUT2D eigenvalue weighted by Gasteiger charge is 2.38. The number of rotatable bonds is 1. The van der Waals surface area contributed by atoms with Crippen LogP contribution in [-0.2, 0) is 0 Å². The van der Waals surface area contributed by atoms with Crippen molar-refractivity contribution in [1.82, 2.24) is 5.32 Å². The second-order valence-electron chi connectivity index (χ2n) is 5.86. The van der Waals surface area contributed by atoms with Gasteiger partial charge in [-0.05, 0) is 31.4 Å². The second kappa shape index (κ2) is 4.75. The molecule has 4 heteroatoms. The third kappa shape index (κ3) is 2.22. The third-order valence-electron chi connectivity index (χ3n) is 4.51. The van der Waals surface area contributed by atoms with Crippen molar-refractivity contribution in [2.45, 2.75) is 38.1 Å². The zero-order chi connectivity index (χ0) is 13.5. The van der Waals surface area contributed by atoms with Crippen LogP contribution in [0, 0.1) is 18.6 Å². The molecule has 0 amide bonds. The lowest BCUT2D eigenvalue weighted by atomic mass is 9.94. The van der Waals surface area contributed by atoms with Crippen molar-refractivity contribution in [3.63, 3.8) is 0 Å². The van der Waals surface area contributed by atoms with E-state index in [1.807, 2.05) is 4.90 Å². The van der Waals surface area contributed by atoms with Crippen molar-refractivity contribution >= 4 is 5.69 Å². The van der Waals surface area contributed by atoms with Gasteiger partial charge >= 0.3 is 0 Å².